The van der Waals surface area contributed by atoms with Crippen LogP contribution in [0.4, 0.5) is 0 Å². The van der Waals surface area contributed by atoms with Crippen molar-refractivity contribution < 1.29 is 14.7 Å². The summed E-state index contributed by atoms with van der Waals surface area (Å²) in [6.07, 6.45) is 3.07. The fourth-order valence-electron chi connectivity index (χ4n) is 3.25. The molecule has 0 spiro atoms. The van der Waals surface area contributed by atoms with Crippen LogP contribution in [0.15, 0.2) is 16.3 Å². The summed E-state index contributed by atoms with van der Waals surface area (Å²) in [7, 11) is 0. The first kappa shape index (κ1) is 18.6. The predicted octanol–water partition coefficient (Wildman–Crippen LogP) is 1.81. The Morgan fingerprint density at radius 3 is 2.50 bits per heavy atom. The van der Waals surface area contributed by atoms with Gasteiger partial charge in [-0.3, -0.25) is 19.5 Å². The second-order valence-electron chi connectivity index (χ2n) is 7.41. The van der Waals surface area contributed by atoms with E-state index in [1.807, 2.05) is 25.7 Å². The van der Waals surface area contributed by atoms with Crippen molar-refractivity contribution in [2.75, 3.05) is 39.3 Å². The van der Waals surface area contributed by atoms with Gasteiger partial charge in [-0.05, 0) is 5.41 Å². The van der Waals surface area contributed by atoms with Gasteiger partial charge in [-0.2, -0.15) is 0 Å². The van der Waals surface area contributed by atoms with E-state index in [4.69, 9.17) is 0 Å². The van der Waals surface area contributed by atoms with Crippen LogP contribution in [0.2, 0.25) is 0 Å². The molecule has 6 heteroatoms. The standard InChI is InChI=1S/C18H29N3O3/c1-4-17(24)21-9-7-20(8-10-21)6-5-19-13-14-15(22)11-18(2,3)12-16(14)23/h13,22H,4-12H2,1-3H3. The number of allylic oxidation sites excluding steroid dienone is 2. The van der Waals surface area contributed by atoms with Gasteiger partial charge in [0.25, 0.3) is 0 Å². The van der Waals surface area contributed by atoms with E-state index in [1.54, 1.807) is 0 Å². The number of hydrogen-bond donors (Lipinski definition) is 1. The van der Waals surface area contributed by atoms with Crippen molar-refractivity contribution in [3.8, 4) is 0 Å². The molecule has 0 aromatic carbocycles. The van der Waals surface area contributed by atoms with Crippen molar-refractivity contribution in [1.29, 1.82) is 0 Å². The lowest BCUT2D eigenvalue weighted by Gasteiger charge is -2.34. The maximum Gasteiger partial charge on any atom is 0.222 e. The van der Waals surface area contributed by atoms with Crippen molar-refractivity contribution in [3.63, 3.8) is 0 Å². The molecule has 0 bridgehead atoms. The Kier molecular flexibility index (Phi) is 6.15. The number of aliphatic hydroxyl groups is 1. The quantitative estimate of drug-likeness (QED) is 0.778. The molecule has 0 aromatic heterocycles. The minimum atomic E-state index is -0.173. The first-order chi connectivity index (χ1) is 11.3. The van der Waals surface area contributed by atoms with Gasteiger partial charge >= 0.3 is 0 Å². The van der Waals surface area contributed by atoms with Crippen LogP contribution in [0, 0.1) is 5.41 Å². The van der Waals surface area contributed by atoms with Crippen LogP contribution >= 0.6 is 0 Å². The minimum Gasteiger partial charge on any atom is -0.511 e. The van der Waals surface area contributed by atoms with Gasteiger partial charge in [-0.25, -0.2) is 0 Å². The molecule has 0 atom stereocenters. The highest BCUT2D eigenvalue weighted by Crippen LogP contribution is 2.35. The number of carbonyl (C=O) groups excluding carboxylic acids is 2. The number of aliphatic hydroxyl groups excluding tert-OH is 1. The summed E-state index contributed by atoms with van der Waals surface area (Å²) in [6, 6.07) is 0. The highest BCUT2D eigenvalue weighted by Gasteiger charge is 2.32. The number of Topliss-reactive ketones (excluding diaryl/α,β-unsaturated/α-hetero) is 1. The van der Waals surface area contributed by atoms with Gasteiger partial charge in [-0.1, -0.05) is 20.8 Å². The third-order valence-corrected chi connectivity index (χ3v) is 4.69. The Bertz CT molecular complexity index is 544. The van der Waals surface area contributed by atoms with Crippen molar-refractivity contribution in [2.24, 2.45) is 10.4 Å². The molecular formula is C18H29N3O3. The van der Waals surface area contributed by atoms with Crippen LogP contribution in [-0.2, 0) is 9.59 Å². The van der Waals surface area contributed by atoms with E-state index < -0.39 is 0 Å². The zero-order chi connectivity index (χ0) is 17.7. The van der Waals surface area contributed by atoms with Gasteiger partial charge in [0.05, 0.1) is 12.1 Å². The molecule has 1 saturated heterocycles. The lowest BCUT2D eigenvalue weighted by molar-refractivity contribution is -0.132. The van der Waals surface area contributed by atoms with E-state index in [1.165, 1.54) is 6.21 Å². The Morgan fingerprint density at radius 1 is 1.25 bits per heavy atom. The van der Waals surface area contributed by atoms with Crippen LogP contribution in [-0.4, -0.2) is 72.1 Å². The average Bonchev–Trinajstić information content (AvgIpc) is 2.52. The number of rotatable bonds is 5. The van der Waals surface area contributed by atoms with E-state index in [9.17, 15) is 14.7 Å². The highest BCUT2D eigenvalue weighted by molar-refractivity contribution is 6.14. The molecule has 1 amide bonds. The summed E-state index contributed by atoms with van der Waals surface area (Å²) >= 11 is 0. The molecule has 1 heterocycles. The number of amides is 1. The summed E-state index contributed by atoms with van der Waals surface area (Å²) in [6.45, 7) is 10.5. The first-order valence-electron chi connectivity index (χ1n) is 8.77. The second kappa shape index (κ2) is 7.92. The van der Waals surface area contributed by atoms with Gasteiger partial charge in [0.15, 0.2) is 5.78 Å². The first-order valence-corrected chi connectivity index (χ1v) is 8.77. The fraction of sp³-hybridized carbons (Fsp3) is 0.722. The molecule has 0 radical (unpaired) electrons. The van der Waals surface area contributed by atoms with Gasteiger partial charge < -0.3 is 10.0 Å². The number of nitrogens with zero attached hydrogens (tertiary/aromatic N) is 3. The van der Waals surface area contributed by atoms with Crippen molar-refractivity contribution in [3.05, 3.63) is 11.3 Å². The van der Waals surface area contributed by atoms with Crippen molar-refractivity contribution in [1.82, 2.24) is 9.80 Å². The van der Waals surface area contributed by atoms with Crippen LogP contribution in [0.5, 0.6) is 0 Å². The second-order valence-corrected chi connectivity index (χ2v) is 7.41. The molecule has 2 rings (SSSR count). The Labute approximate surface area is 144 Å². The van der Waals surface area contributed by atoms with E-state index in [-0.39, 0.29) is 22.9 Å². The number of hydrogen-bond acceptors (Lipinski definition) is 5. The third-order valence-electron chi connectivity index (χ3n) is 4.69. The van der Waals surface area contributed by atoms with Crippen molar-refractivity contribution in [2.45, 2.75) is 40.0 Å². The molecule has 0 saturated carbocycles. The molecule has 6 nitrogen and oxygen atoms in total. The fourth-order valence-corrected chi connectivity index (χ4v) is 3.25. The van der Waals surface area contributed by atoms with Gasteiger partial charge in [0, 0.05) is 58.2 Å². The lowest BCUT2D eigenvalue weighted by atomic mass is 9.77. The van der Waals surface area contributed by atoms with Crippen LogP contribution in [0.25, 0.3) is 0 Å². The number of ketones is 1. The van der Waals surface area contributed by atoms with Gasteiger partial charge in [0.1, 0.15) is 5.76 Å². The SMILES string of the molecule is CCC(=O)N1CCN(CCN=CC2=C(O)CC(C)(C)CC2=O)CC1. The molecular weight excluding hydrogens is 306 g/mol. The van der Waals surface area contributed by atoms with Crippen molar-refractivity contribution >= 4 is 17.9 Å². The monoisotopic (exact) mass is 335 g/mol. The van der Waals surface area contributed by atoms with Crippen LogP contribution in [0.3, 0.4) is 0 Å². The Balaban J connectivity index is 1.78. The predicted molar refractivity (Wildman–Crippen MR) is 94.3 cm³/mol. The topological polar surface area (TPSA) is 73.2 Å². The summed E-state index contributed by atoms with van der Waals surface area (Å²) in [5.74, 6) is 0.347. The molecule has 1 aliphatic heterocycles. The third kappa shape index (κ3) is 4.90. The Morgan fingerprint density at radius 2 is 1.92 bits per heavy atom. The largest absolute Gasteiger partial charge is 0.511 e. The molecule has 134 valence electrons. The zero-order valence-corrected chi connectivity index (χ0v) is 15.0. The molecule has 1 fully saturated rings. The minimum absolute atomic E-state index is 0.0285. The van der Waals surface area contributed by atoms with Gasteiger partial charge in [0.2, 0.25) is 5.91 Å². The van der Waals surface area contributed by atoms with E-state index in [0.717, 1.165) is 32.7 Å². The summed E-state index contributed by atoms with van der Waals surface area (Å²) in [4.78, 5) is 32.2. The lowest BCUT2D eigenvalue weighted by Crippen LogP contribution is -2.49. The molecule has 1 N–H and O–H groups in total. The molecule has 2 aliphatic rings. The van der Waals surface area contributed by atoms with E-state index >= 15 is 0 Å². The normalized spacial score (nSPS) is 22.5. The molecule has 0 aromatic rings. The summed E-state index contributed by atoms with van der Waals surface area (Å²) < 4.78 is 0. The number of piperazine rings is 1. The average molecular weight is 335 g/mol. The molecule has 0 unspecified atom stereocenters. The van der Waals surface area contributed by atoms with E-state index in [2.05, 4.69) is 9.89 Å². The smallest absolute Gasteiger partial charge is 0.222 e. The highest BCUT2D eigenvalue weighted by atomic mass is 16.3. The van der Waals surface area contributed by atoms with Gasteiger partial charge in [-0.15, -0.1) is 0 Å². The maximum absolute atomic E-state index is 12.1. The zero-order valence-electron chi connectivity index (χ0n) is 15.0. The van der Waals surface area contributed by atoms with E-state index in [0.29, 0.717) is 31.4 Å². The van der Waals surface area contributed by atoms with Crippen LogP contribution < -0.4 is 0 Å². The van der Waals surface area contributed by atoms with Crippen LogP contribution in [0.1, 0.15) is 40.0 Å². The summed E-state index contributed by atoms with van der Waals surface area (Å²) in [5, 5.41) is 10.0. The molecule has 1 aliphatic carbocycles. The number of aliphatic imine (C=N–C) groups is 1. The Hall–Kier alpha value is -1.69. The number of carbonyl (C=O) groups is 2. The maximum atomic E-state index is 12.1. The molecule has 24 heavy (non-hydrogen) atoms. The summed E-state index contributed by atoms with van der Waals surface area (Å²) in [5.41, 5.74) is 0.196.